The molecule has 0 aliphatic carbocycles. The van der Waals surface area contributed by atoms with E-state index in [-0.39, 0.29) is 17.5 Å². The fourth-order valence-corrected chi connectivity index (χ4v) is 10.8. The molecule has 4 heterocycles. The quantitative estimate of drug-likeness (QED) is 0.168. The smallest absolute Gasteiger partial charge is 0.188 e. The summed E-state index contributed by atoms with van der Waals surface area (Å²) in [7, 11) is 0. The van der Waals surface area contributed by atoms with Crippen LogP contribution in [0, 0.1) is 30.6 Å². The average Bonchev–Trinajstić information content (AvgIpc) is 3.32. The minimum atomic E-state index is -0.340. The highest BCUT2D eigenvalue weighted by Gasteiger charge is 2.34. The van der Waals surface area contributed by atoms with Crippen LogP contribution >= 0.6 is 55.1 Å². The molecule has 0 aromatic heterocycles. The van der Waals surface area contributed by atoms with Crippen LogP contribution in [0.15, 0.2) is 81.7 Å². The van der Waals surface area contributed by atoms with Crippen LogP contribution in [0.2, 0.25) is 10.0 Å². The van der Waals surface area contributed by atoms with E-state index in [0.717, 1.165) is 100 Å². The molecule has 0 amide bonds. The van der Waals surface area contributed by atoms with Crippen molar-refractivity contribution in [2.24, 2.45) is 0 Å². The number of benzene rings is 4. The largest absolute Gasteiger partial charge is 0.368 e. The first-order valence-corrected chi connectivity index (χ1v) is 25.0. The highest BCUT2D eigenvalue weighted by molar-refractivity contribution is 9.10. The summed E-state index contributed by atoms with van der Waals surface area (Å²) in [6.45, 7) is 30.2. The van der Waals surface area contributed by atoms with Crippen LogP contribution in [0.3, 0.4) is 0 Å². The lowest BCUT2D eigenvalue weighted by Crippen LogP contribution is -2.58. The number of rotatable bonds is 9. The standard InChI is InChI=1S/C25H29BrClFN4.C18H27ClFN3.C7H3BrFN/c1-3-21-17-31(25-7-6-20(29-2)15-23(25)26)12-13-32(21)22-8-10-30(11-9-22)16-18-4-5-19(27)14-24(18)28;1-2-16-12-21-7-10-23(16)17-5-8-22(9-6-17)13-14-3-4-15(19)11-18(14)20;1-10-5-2-3-7(9)6(8)4-5/h4-7,14-15,21-22H,3,8-13,16-17H2,1H3;3-4,11,16-17,21H,2,5-10,12-13H2,1H3;2-4H/t21-;16-;/m00./s1. The lowest BCUT2D eigenvalue weighted by molar-refractivity contribution is 0.0541. The third-order valence-electron chi connectivity index (χ3n) is 13.2. The first kappa shape index (κ1) is 51.2. The Bertz CT molecular complexity index is 2260. The molecule has 0 bridgehead atoms. The van der Waals surface area contributed by atoms with Crippen molar-refractivity contribution < 1.29 is 13.2 Å². The third-order valence-corrected chi connectivity index (χ3v) is 14.9. The molecular formula is C50H59Br2Cl2F3N8. The number of anilines is 1. The van der Waals surface area contributed by atoms with E-state index < -0.39 is 0 Å². The van der Waals surface area contributed by atoms with Gasteiger partial charge in [-0.15, -0.1) is 0 Å². The molecule has 8 rings (SSSR count). The Hall–Kier alpha value is -3.21. The number of hydrogen-bond donors (Lipinski definition) is 1. The zero-order valence-corrected chi connectivity index (χ0v) is 41.9. The van der Waals surface area contributed by atoms with Crippen LogP contribution < -0.4 is 10.2 Å². The van der Waals surface area contributed by atoms with Gasteiger partial charge in [0.1, 0.15) is 17.5 Å². The molecule has 4 saturated heterocycles. The summed E-state index contributed by atoms with van der Waals surface area (Å²) in [6, 6.07) is 22.5. The van der Waals surface area contributed by atoms with Crippen LogP contribution in [0.1, 0.15) is 63.5 Å². The van der Waals surface area contributed by atoms with E-state index in [1.165, 1.54) is 55.3 Å². The monoisotopic (exact) mass is 1060 g/mol. The van der Waals surface area contributed by atoms with E-state index in [2.05, 4.69) is 91.3 Å². The van der Waals surface area contributed by atoms with E-state index in [1.807, 2.05) is 18.2 Å². The molecule has 2 atom stereocenters. The number of nitrogens with zero attached hydrogens (tertiary/aromatic N) is 7. The number of piperazine rings is 2. The lowest BCUT2D eigenvalue weighted by Gasteiger charge is -2.48. The van der Waals surface area contributed by atoms with Gasteiger partial charge in [0.2, 0.25) is 0 Å². The number of halogens is 7. The molecule has 0 unspecified atom stereocenters. The van der Waals surface area contributed by atoms with Crippen LogP contribution in [0.25, 0.3) is 9.69 Å². The molecule has 348 valence electrons. The lowest BCUT2D eigenvalue weighted by atomic mass is 9.97. The van der Waals surface area contributed by atoms with Gasteiger partial charge >= 0.3 is 0 Å². The van der Waals surface area contributed by atoms with Gasteiger partial charge in [0.15, 0.2) is 11.4 Å². The molecule has 4 aliphatic rings. The molecule has 65 heavy (non-hydrogen) atoms. The molecule has 0 spiro atoms. The van der Waals surface area contributed by atoms with Crippen LogP contribution in [-0.4, -0.2) is 109 Å². The minimum absolute atomic E-state index is 0.187. The zero-order chi connectivity index (χ0) is 46.5. The molecule has 4 aliphatic heterocycles. The highest BCUT2D eigenvalue weighted by atomic mass is 79.9. The van der Waals surface area contributed by atoms with Crippen molar-refractivity contribution in [3.63, 3.8) is 0 Å². The molecule has 1 N–H and O–H groups in total. The van der Waals surface area contributed by atoms with Crippen LogP contribution in [0.4, 0.5) is 30.2 Å². The van der Waals surface area contributed by atoms with Gasteiger partial charge in [0.25, 0.3) is 0 Å². The first-order valence-electron chi connectivity index (χ1n) is 22.7. The van der Waals surface area contributed by atoms with E-state index >= 15 is 0 Å². The Balaban J connectivity index is 0.000000184. The van der Waals surface area contributed by atoms with Gasteiger partial charge in [-0.25, -0.2) is 22.9 Å². The Morgan fingerprint density at radius 1 is 0.615 bits per heavy atom. The van der Waals surface area contributed by atoms with E-state index in [1.54, 1.807) is 18.2 Å². The molecule has 8 nitrogen and oxygen atoms in total. The van der Waals surface area contributed by atoms with Crippen molar-refractivity contribution in [2.45, 2.75) is 89.6 Å². The van der Waals surface area contributed by atoms with Crippen molar-refractivity contribution in [3.8, 4) is 0 Å². The molecule has 4 aromatic rings. The van der Waals surface area contributed by atoms with Crippen LogP contribution in [-0.2, 0) is 13.1 Å². The fourth-order valence-electron chi connectivity index (χ4n) is 9.54. The van der Waals surface area contributed by atoms with Crippen molar-refractivity contribution in [1.29, 1.82) is 0 Å². The molecule has 4 aromatic carbocycles. The zero-order valence-electron chi connectivity index (χ0n) is 37.2. The van der Waals surface area contributed by atoms with Gasteiger partial charge in [0.05, 0.1) is 13.1 Å². The summed E-state index contributed by atoms with van der Waals surface area (Å²) in [6.07, 6.45) is 6.94. The summed E-state index contributed by atoms with van der Waals surface area (Å²) in [4.78, 5) is 19.2. The van der Waals surface area contributed by atoms with Crippen molar-refractivity contribution in [1.82, 2.24) is 24.9 Å². The van der Waals surface area contributed by atoms with E-state index in [4.69, 9.17) is 36.3 Å². The Morgan fingerprint density at radius 2 is 1.12 bits per heavy atom. The van der Waals surface area contributed by atoms with Gasteiger partial charge in [-0.3, -0.25) is 19.6 Å². The normalized spacial score (nSPS) is 20.5. The Labute approximate surface area is 410 Å². The SMILES string of the molecule is CC[C@H]1CNCCN1C1CCN(Cc2ccc(Cl)cc2F)CC1.[C-]#[N+]c1ccc(F)c(Br)c1.[C-]#[N+]c1ccc(N2CCN(C3CCN(Cc4ccc(Cl)cc4F)CC3)[C@@H](CC)C2)c(Br)c1. The fraction of sp³-hybridized carbons (Fsp3) is 0.480. The molecule has 15 heteroatoms. The summed E-state index contributed by atoms with van der Waals surface area (Å²) in [5.74, 6) is -0.738. The van der Waals surface area contributed by atoms with Gasteiger partial charge in [-0.1, -0.05) is 61.3 Å². The summed E-state index contributed by atoms with van der Waals surface area (Å²) < 4.78 is 41.9. The molecule has 0 radical (unpaired) electrons. The molecule has 0 saturated carbocycles. The topological polar surface area (TPSA) is 37.0 Å². The predicted octanol–water partition coefficient (Wildman–Crippen LogP) is 12.6. The maximum absolute atomic E-state index is 14.2. The minimum Gasteiger partial charge on any atom is -0.368 e. The average molecular weight is 1060 g/mol. The van der Waals surface area contributed by atoms with E-state index in [9.17, 15) is 13.2 Å². The highest BCUT2D eigenvalue weighted by Crippen LogP contribution is 2.34. The summed E-state index contributed by atoms with van der Waals surface area (Å²) in [5.41, 5.74) is 3.75. The van der Waals surface area contributed by atoms with Crippen molar-refractivity contribution in [2.75, 3.05) is 70.3 Å². The molecular weight excluding hydrogens is 1000 g/mol. The van der Waals surface area contributed by atoms with Gasteiger partial charge in [-0.2, -0.15) is 0 Å². The maximum atomic E-state index is 14.2. The maximum Gasteiger partial charge on any atom is 0.188 e. The summed E-state index contributed by atoms with van der Waals surface area (Å²) in [5, 5.41) is 4.42. The predicted molar refractivity (Wildman–Crippen MR) is 267 cm³/mol. The van der Waals surface area contributed by atoms with Gasteiger partial charge in [0, 0.05) is 112 Å². The Morgan fingerprint density at radius 3 is 1.60 bits per heavy atom. The van der Waals surface area contributed by atoms with Crippen molar-refractivity contribution in [3.05, 3.63) is 143 Å². The number of piperidine rings is 2. The molecule has 4 fully saturated rings. The second-order valence-electron chi connectivity index (χ2n) is 17.2. The number of nitrogens with one attached hydrogen (secondary N) is 1. The van der Waals surface area contributed by atoms with Gasteiger partial charge in [-0.05, 0) is 145 Å². The van der Waals surface area contributed by atoms with Crippen LogP contribution in [0.5, 0.6) is 0 Å². The first-order chi connectivity index (χ1) is 31.4. The number of likely N-dealkylation sites (tertiary alicyclic amines) is 2. The Kier molecular flexibility index (Phi) is 19.9. The second-order valence-corrected chi connectivity index (χ2v) is 19.8. The summed E-state index contributed by atoms with van der Waals surface area (Å²) >= 11 is 18.3. The third kappa shape index (κ3) is 14.4. The van der Waals surface area contributed by atoms with E-state index in [0.29, 0.717) is 63.1 Å². The van der Waals surface area contributed by atoms with Crippen molar-refractivity contribution >= 4 is 72.1 Å². The van der Waals surface area contributed by atoms with Gasteiger partial charge < -0.3 is 10.2 Å². The second kappa shape index (κ2) is 25.2. The number of hydrogen-bond acceptors (Lipinski definition) is 6.